The van der Waals surface area contributed by atoms with Crippen LogP contribution in [-0.2, 0) is 0 Å². The van der Waals surface area contributed by atoms with Crippen LogP contribution in [0.5, 0.6) is 0 Å². The van der Waals surface area contributed by atoms with Gasteiger partial charge in [0.1, 0.15) is 5.69 Å². The van der Waals surface area contributed by atoms with Gasteiger partial charge in [0.15, 0.2) is 23.3 Å². The number of hydrogen-bond donors (Lipinski definition) is 1. The maximum Gasteiger partial charge on any atom is 0.194 e. The number of nitrogens with zero attached hydrogens (tertiary/aromatic N) is 2. The van der Waals surface area contributed by atoms with E-state index >= 15 is 0 Å². The summed E-state index contributed by atoms with van der Waals surface area (Å²) >= 11 is 0. The second kappa shape index (κ2) is 4.40. The third kappa shape index (κ3) is 2.06. The molecule has 2 aromatic rings. The van der Waals surface area contributed by atoms with Gasteiger partial charge >= 0.3 is 0 Å². The molecule has 0 unspecified atom stereocenters. The highest BCUT2D eigenvalue weighted by Crippen LogP contribution is 2.26. The van der Waals surface area contributed by atoms with Crippen LogP contribution < -0.4 is 5.32 Å². The van der Waals surface area contributed by atoms with Gasteiger partial charge in [0.2, 0.25) is 0 Å². The average molecular weight is 239 g/mol. The van der Waals surface area contributed by atoms with Gasteiger partial charge in [0, 0.05) is 25.0 Å². The molecule has 0 amide bonds. The van der Waals surface area contributed by atoms with Gasteiger partial charge in [-0.25, -0.2) is 18.2 Å². The number of aromatic nitrogens is 2. The van der Waals surface area contributed by atoms with Crippen molar-refractivity contribution in [1.29, 1.82) is 0 Å². The molecule has 2 rings (SSSR count). The first-order chi connectivity index (χ1) is 8.13. The summed E-state index contributed by atoms with van der Waals surface area (Å²) in [5.41, 5.74) is 0.381. The van der Waals surface area contributed by atoms with Crippen LogP contribution in [0.25, 0.3) is 11.3 Å². The van der Waals surface area contributed by atoms with Crippen molar-refractivity contribution in [3.63, 3.8) is 0 Å². The van der Waals surface area contributed by atoms with E-state index in [1.165, 1.54) is 12.4 Å². The third-order valence-electron chi connectivity index (χ3n) is 2.19. The van der Waals surface area contributed by atoms with Gasteiger partial charge in [-0.1, -0.05) is 0 Å². The molecule has 0 atom stereocenters. The molecule has 0 fully saturated rings. The summed E-state index contributed by atoms with van der Waals surface area (Å²) in [4.78, 5) is 7.89. The molecule has 0 aliphatic heterocycles. The van der Waals surface area contributed by atoms with Gasteiger partial charge in [-0.3, -0.25) is 4.98 Å². The first kappa shape index (κ1) is 11.4. The van der Waals surface area contributed by atoms with E-state index in [9.17, 15) is 13.2 Å². The molecular formula is C11H8F3N3. The van der Waals surface area contributed by atoms with Crippen molar-refractivity contribution in [2.45, 2.75) is 0 Å². The van der Waals surface area contributed by atoms with Gasteiger partial charge in [-0.05, 0) is 12.1 Å². The van der Waals surface area contributed by atoms with E-state index < -0.39 is 17.5 Å². The molecule has 88 valence electrons. The van der Waals surface area contributed by atoms with Crippen LogP contribution in [0.1, 0.15) is 0 Å². The predicted molar refractivity (Wildman–Crippen MR) is 56.9 cm³/mol. The minimum Gasteiger partial charge on any atom is -0.371 e. The zero-order valence-electron chi connectivity index (χ0n) is 8.84. The molecule has 3 nitrogen and oxygen atoms in total. The van der Waals surface area contributed by atoms with Crippen molar-refractivity contribution in [3.8, 4) is 11.3 Å². The monoisotopic (exact) mass is 239 g/mol. The number of hydrogen-bond acceptors (Lipinski definition) is 3. The fraction of sp³-hybridized carbons (Fsp3) is 0.0909. The van der Waals surface area contributed by atoms with Gasteiger partial charge < -0.3 is 5.32 Å². The molecule has 6 heteroatoms. The maximum absolute atomic E-state index is 13.1. The SMILES string of the molecule is CNc1nccnc1-c1cc(F)c(F)c(F)c1. The Bertz CT molecular complexity index is 534. The van der Waals surface area contributed by atoms with E-state index in [1.54, 1.807) is 7.05 Å². The Hall–Kier alpha value is -2.11. The Kier molecular flexibility index (Phi) is 2.95. The van der Waals surface area contributed by atoms with Crippen LogP contribution in [-0.4, -0.2) is 17.0 Å². The molecule has 1 heterocycles. The molecular weight excluding hydrogens is 231 g/mol. The Morgan fingerprint density at radius 2 is 1.59 bits per heavy atom. The highest BCUT2D eigenvalue weighted by atomic mass is 19.2. The lowest BCUT2D eigenvalue weighted by Crippen LogP contribution is -1.99. The minimum absolute atomic E-state index is 0.124. The van der Waals surface area contributed by atoms with Crippen LogP contribution in [0, 0.1) is 17.5 Å². The molecule has 1 N–H and O–H groups in total. The Balaban J connectivity index is 2.61. The van der Waals surface area contributed by atoms with Crippen molar-refractivity contribution in [2.75, 3.05) is 12.4 Å². The van der Waals surface area contributed by atoms with E-state index in [0.717, 1.165) is 12.1 Å². The van der Waals surface area contributed by atoms with Crippen LogP contribution in [0.3, 0.4) is 0 Å². The molecule has 0 saturated heterocycles. The van der Waals surface area contributed by atoms with E-state index in [-0.39, 0.29) is 11.3 Å². The standard InChI is InChI=1S/C11H8F3N3/c1-15-11-10(16-2-3-17-11)6-4-7(12)9(14)8(13)5-6/h2-5H,1H3,(H,15,17). The predicted octanol–water partition coefficient (Wildman–Crippen LogP) is 2.60. The van der Waals surface area contributed by atoms with Gasteiger partial charge in [0.05, 0.1) is 0 Å². The number of nitrogens with one attached hydrogen (secondary N) is 1. The normalized spacial score (nSPS) is 10.4. The van der Waals surface area contributed by atoms with Crippen molar-refractivity contribution >= 4 is 5.82 Å². The molecule has 1 aromatic heterocycles. The fourth-order valence-corrected chi connectivity index (χ4v) is 1.42. The topological polar surface area (TPSA) is 37.8 Å². The van der Waals surface area contributed by atoms with Crippen LogP contribution >= 0.6 is 0 Å². The molecule has 0 aliphatic rings. The molecule has 0 saturated carbocycles. The summed E-state index contributed by atoms with van der Waals surface area (Å²) in [5, 5.41) is 2.74. The van der Waals surface area contributed by atoms with Gasteiger partial charge in [0.25, 0.3) is 0 Å². The van der Waals surface area contributed by atoms with E-state index in [0.29, 0.717) is 5.82 Å². The fourth-order valence-electron chi connectivity index (χ4n) is 1.42. The number of anilines is 1. The highest BCUT2D eigenvalue weighted by Gasteiger charge is 2.14. The maximum atomic E-state index is 13.1. The van der Waals surface area contributed by atoms with E-state index in [2.05, 4.69) is 15.3 Å². The lowest BCUT2D eigenvalue weighted by atomic mass is 10.1. The molecule has 0 spiro atoms. The first-order valence-electron chi connectivity index (χ1n) is 4.77. The second-order valence-electron chi connectivity index (χ2n) is 3.26. The first-order valence-corrected chi connectivity index (χ1v) is 4.77. The number of halogens is 3. The lowest BCUT2D eigenvalue weighted by molar-refractivity contribution is 0.447. The largest absolute Gasteiger partial charge is 0.371 e. The van der Waals surface area contributed by atoms with Crippen molar-refractivity contribution in [3.05, 3.63) is 42.0 Å². The molecule has 0 radical (unpaired) electrons. The lowest BCUT2D eigenvalue weighted by Gasteiger charge is -2.07. The smallest absolute Gasteiger partial charge is 0.194 e. The molecule has 17 heavy (non-hydrogen) atoms. The van der Waals surface area contributed by atoms with E-state index in [1.807, 2.05) is 0 Å². The van der Waals surface area contributed by atoms with Crippen molar-refractivity contribution < 1.29 is 13.2 Å². The van der Waals surface area contributed by atoms with Crippen molar-refractivity contribution in [1.82, 2.24) is 9.97 Å². The number of rotatable bonds is 2. The summed E-state index contributed by atoms with van der Waals surface area (Å²) in [7, 11) is 1.60. The zero-order chi connectivity index (χ0) is 12.4. The molecule has 1 aromatic carbocycles. The summed E-state index contributed by atoms with van der Waals surface area (Å²) in [6.07, 6.45) is 2.82. The molecule has 0 bridgehead atoms. The van der Waals surface area contributed by atoms with Crippen LogP contribution in [0.2, 0.25) is 0 Å². The summed E-state index contributed by atoms with van der Waals surface area (Å²) in [5.74, 6) is -3.65. The van der Waals surface area contributed by atoms with Crippen LogP contribution in [0.4, 0.5) is 19.0 Å². The van der Waals surface area contributed by atoms with Gasteiger partial charge in [-0.2, -0.15) is 0 Å². The summed E-state index contributed by atoms with van der Waals surface area (Å²) in [6.45, 7) is 0. The number of benzene rings is 1. The second-order valence-corrected chi connectivity index (χ2v) is 3.26. The van der Waals surface area contributed by atoms with E-state index in [4.69, 9.17) is 0 Å². The molecule has 0 aliphatic carbocycles. The quantitative estimate of drug-likeness (QED) is 0.818. The van der Waals surface area contributed by atoms with Crippen LogP contribution in [0.15, 0.2) is 24.5 Å². The zero-order valence-corrected chi connectivity index (χ0v) is 8.84. The Morgan fingerprint density at radius 1 is 1.00 bits per heavy atom. The Labute approximate surface area is 95.3 Å². The average Bonchev–Trinajstić information content (AvgIpc) is 2.35. The van der Waals surface area contributed by atoms with Crippen molar-refractivity contribution in [2.24, 2.45) is 0 Å². The van der Waals surface area contributed by atoms with Gasteiger partial charge in [-0.15, -0.1) is 0 Å². The highest BCUT2D eigenvalue weighted by molar-refractivity contribution is 5.70. The minimum atomic E-state index is -1.50. The third-order valence-corrected chi connectivity index (χ3v) is 2.19. The summed E-state index contributed by atoms with van der Waals surface area (Å²) < 4.78 is 39.0. The summed E-state index contributed by atoms with van der Waals surface area (Å²) in [6, 6.07) is 1.76. The Morgan fingerprint density at radius 3 is 2.18 bits per heavy atom.